The number of nitriles is 1. The molecule has 108 valence electrons. The molecule has 0 saturated carbocycles. The van der Waals surface area contributed by atoms with Gasteiger partial charge in [-0.25, -0.2) is 9.97 Å². The molecule has 7 heteroatoms. The van der Waals surface area contributed by atoms with E-state index < -0.39 is 12.6 Å². The second-order valence-corrected chi connectivity index (χ2v) is 4.34. The molecule has 1 heterocycles. The summed E-state index contributed by atoms with van der Waals surface area (Å²) in [6.07, 6.45) is -2.38. The summed E-state index contributed by atoms with van der Waals surface area (Å²) < 4.78 is 36.6. The molecule has 1 N–H and O–H groups in total. The Balaban J connectivity index is 2.05. The van der Waals surface area contributed by atoms with Crippen LogP contribution in [-0.4, -0.2) is 16.1 Å². The van der Waals surface area contributed by atoms with Crippen LogP contribution >= 0.6 is 0 Å². The van der Waals surface area contributed by atoms with Crippen LogP contribution in [0.1, 0.15) is 17.7 Å². The first-order valence-electron chi connectivity index (χ1n) is 6.11. The van der Waals surface area contributed by atoms with Gasteiger partial charge in [0.1, 0.15) is 11.9 Å². The molecule has 0 atom stereocenters. The van der Waals surface area contributed by atoms with Gasteiger partial charge in [0, 0.05) is 12.1 Å². The smallest absolute Gasteiger partial charge is 0.339 e. The van der Waals surface area contributed by atoms with E-state index in [4.69, 9.17) is 5.26 Å². The van der Waals surface area contributed by atoms with Gasteiger partial charge in [-0.3, -0.25) is 0 Å². The second kappa shape index (κ2) is 6.22. The van der Waals surface area contributed by atoms with Crippen molar-refractivity contribution < 1.29 is 13.2 Å². The number of alkyl halides is 3. The Hall–Kier alpha value is -2.62. The molecule has 0 fully saturated rings. The van der Waals surface area contributed by atoms with Gasteiger partial charge >= 0.3 is 6.18 Å². The van der Waals surface area contributed by atoms with Gasteiger partial charge in [0.15, 0.2) is 5.69 Å². The molecule has 1 aromatic carbocycles. The number of anilines is 2. The molecule has 0 unspecified atom stereocenters. The molecule has 0 aliphatic rings. The van der Waals surface area contributed by atoms with Crippen LogP contribution in [0.15, 0.2) is 36.7 Å². The van der Waals surface area contributed by atoms with Gasteiger partial charge in [0.2, 0.25) is 0 Å². The lowest BCUT2D eigenvalue weighted by molar-refractivity contribution is -0.133. The monoisotopic (exact) mass is 292 g/mol. The maximum Gasteiger partial charge on any atom is 0.389 e. The minimum Gasteiger partial charge on any atom is -0.339 e. The summed E-state index contributed by atoms with van der Waals surface area (Å²) in [7, 11) is 0. The first kappa shape index (κ1) is 14.8. The molecule has 0 saturated heterocycles. The van der Waals surface area contributed by atoms with Gasteiger partial charge in [-0.1, -0.05) is 12.1 Å². The average Bonchev–Trinajstić information content (AvgIpc) is 2.46. The molecule has 0 amide bonds. The fourth-order valence-corrected chi connectivity index (χ4v) is 1.69. The Bertz CT molecular complexity index is 645. The summed E-state index contributed by atoms with van der Waals surface area (Å²) in [5.74, 6) is 0.418. The maximum absolute atomic E-state index is 12.2. The lowest BCUT2D eigenvalue weighted by Crippen LogP contribution is -2.08. The SMILES string of the molecule is N#Cc1cnc(Nc2cccc(CCC(F)(F)F)c2)cn1. The number of hydrogen-bond acceptors (Lipinski definition) is 4. The first-order valence-corrected chi connectivity index (χ1v) is 6.11. The number of hydrogen-bond donors (Lipinski definition) is 1. The van der Waals surface area contributed by atoms with Crippen molar-refractivity contribution in [2.45, 2.75) is 19.0 Å². The summed E-state index contributed by atoms with van der Waals surface area (Å²) in [4.78, 5) is 7.83. The molecule has 0 aliphatic carbocycles. The van der Waals surface area contributed by atoms with Crippen LogP contribution in [0, 0.1) is 11.3 Å². The van der Waals surface area contributed by atoms with Crippen LogP contribution in [0.25, 0.3) is 0 Å². The van der Waals surface area contributed by atoms with Crippen molar-refractivity contribution in [3.63, 3.8) is 0 Å². The predicted octanol–water partition coefficient (Wildman–Crippen LogP) is 3.59. The highest BCUT2D eigenvalue weighted by atomic mass is 19.4. The molecule has 2 aromatic rings. The highest BCUT2D eigenvalue weighted by Gasteiger charge is 2.26. The van der Waals surface area contributed by atoms with Crippen molar-refractivity contribution in [3.05, 3.63) is 47.9 Å². The standard InChI is InChI=1S/C14H11F3N4/c15-14(16,17)5-4-10-2-1-3-11(6-10)21-13-9-19-12(7-18)8-20-13/h1-3,6,8-9H,4-5H2,(H,20,21). The first-order chi connectivity index (χ1) is 9.96. The maximum atomic E-state index is 12.2. The van der Waals surface area contributed by atoms with Crippen molar-refractivity contribution in [2.24, 2.45) is 0 Å². The number of aryl methyl sites for hydroxylation is 1. The molecule has 21 heavy (non-hydrogen) atoms. The topological polar surface area (TPSA) is 61.6 Å². The van der Waals surface area contributed by atoms with Gasteiger partial charge in [0.05, 0.1) is 12.4 Å². The number of benzene rings is 1. The van der Waals surface area contributed by atoms with Crippen molar-refractivity contribution in [1.82, 2.24) is 9.97 Å². The van der Waals surface area contributed by atoms with Crippen molar-refractivity contribution >= 4 is 11.5 Å². The van der Waals surface area contributed by atoms with E-state index in [1.54, 1.807) is 24.3 Å². The second-order valence-electron chi connectivity index (χ2n) is 4.34. The Morgan fingerprint density at radius 3 is 2.62 bits per heavy atom. The Kier molecular flexibility index (Phi) is 4.38. The van der Waals surface area contributed by atoms with E-state index in [9.17, 15) is 13.2 Å². The zero-order chi connectivity index (χ0) is 15.3. The van der Waals surface area contributed by atoms with Crippen LogP contribution in [-0.2, 0) is 6.42 Å². The quantitative estimate of drug-likeness (QED) is 0.935. The zero-order valence-corrected chi connectivity index (χ0v) is 10.9. The number of nitrogens with one attached hydrogen (secondary N) is 1. The number of aromatic nitrogens is 2. The van der Waals surface area contributed by atoms with E-state index in [-0.39, 0.29) is 12.1 Å². The Morgan fingerprint density at radius 1 is 1.19 bits per heavy atom. The van der Waals surface area contributed by atoms with Crippen molar-refractivity contribution in [1.29, 1.82) is 5.26 Å². The fourth-order valence-electron chi connectivity index (χ4n) is 1.69. The van der Waals surface area contributed by atoms with Gasteiger partial charge in [-0.15, -0.1) is 0 Å². The third-order valence-corrected chi connectivity index (χ3v) is 2.66. The summed E-state index contributed by atoms with van der Waals surface area (Å²) >= 11 is 0. The molecule has 2 rings (SSSR count). The van der Waals surface area contributed by atoms with Crippen molar-refractivity contribution in [2.75, 3.05) is 5.32 Å². The van der Waals surface area contributed by atoms with E-state index in [1.807, 2.05) is 6.07 Å². The van der Waals surface area contributed by atoms with E-state index >= 15 is 0 Å². The lowest BCUT2D eigenvalue weighted by Gasteiger charge is -2.09. The van der Waals surface area contributed by atoms with E-state index in [1.165, 1.54) is 12.4 Å². The van der Waals surface area contributed by atoms with Gasteiger partial charge < -0.3 is 5.32 Å². The molecular weight excluding hydrogens is 281 g/mol. The normalized spacial score (nSPS) is 11.0. The largest absolute Gasteiger partial charge is 0.389 e. The molecule has 0 spiro atoms. The Morgan fingerprint density at radius 2 is 2.00 bits per heavy atom. The van der Waals surface area contributed by atoms with Gasteiger partial charge in [-0.05, 0) is 24.1 Å². The predicted molar refractivity (Wildman–Crippen MR) is 70.8 cm³/mol. The van der Waals surface area contributed by atoms with E-state index in [0.717, 1.165) is 0 Å². The highest BCUT2D eigenvalue weighted by molar-refractivity contribution is 5.56. The third-order valence-electron chi connectivity index (χ3n) is 2.66. The minimum atomic E-state index is -4.16. The molecule has 0 radical (unpaired) electrons. The molecule has 0 bridgehead atoms. The zero-order valence-electron chi connectivity index (χ0n) is 10.9. The molecule has 0 aliphatic heterocycles. The molecule has 1 aromatic heterocycles. The highest BCUT2D eigenvalue weighted by Crippen LogP contribution is 2.23. The number of rotatable bonds is 4. The van der Waals surface area contributed by atoms with Crippen LogP contribution in [0.5, 0.6) is 0 Å². The third kappa shape index (κ3) is 4.76. The minimum absolute atomic E-state index is 0.0714. The van der Waals surface area contributed by atoms with Gasteiger partial charge in [0.25, 0.3) is 0 Å². The van der Waals surface area contributed by atoms with Crippen LogP contribution in [0.4, 0.5) is 24.7 Å². The number of nitrogens with zero attached hydrogens (tertiary/aromatic N) is 3. The average molecular weight is 292 g/mol. The van der Waals surface area contributed by atoms with E-state index in [0.29, 0.717) is 17.1 Å². The van der Waals surface area contributed by atoms with Crippen LogP contribution < -0.4 is 5.32 Å². The Labute approximate surface area is 119 Å². The van der Waals surface area contributed by atoms with Crippen LogP contribution in [0.2, 0.25) is 0 Å². The lowest BCUT2D eigenvalue weighted by atomic mass is 10.1. The van der Waals surface area contributed by atoms with Crippen molar-refractivity contribution in [3.8, 4) is 6.07 Å². The summed E-state index contributed by atoms with van der Waals surface area (Å²) in [5.41, 5.74) is 1.40. The summed E-state index contributed by atoms with van der Waals surface area (Å²) in [6, 6.07) is 8.51. The van der Waals surface area contributed by atoms with Gasteiger partial charge in [-0.2, -0.15) is 18.4 Å². The molecular formula is C14H11F3N4. The number of halogens is 3. The fraction of sp³-hybridized carbons (Fsp3) is 0.214. The molecule has 4 nitrogen and oxygen atoms in total. The summed E-state index contributed by atoms with van der Waals surface area (Å²) in [6.45, 7) is 0. The van der Waals surface area contributed by atoms with Crippen LogP contribution in [0.3, 0.4) is 0 Å². The van der Waals surface area contributed by atoms with E-state index in [2.05, 4.69) is 15.3 Å². The summed E-state index contributed by atoms with van der Waals surface area (Å²) in [5, 5.41) is 11.5.